The summed E-state index contributed by atoms with van der Waals surface area (Å²) in [5.74, 6) is 1.57. The van der Waals surface area contributed by atoms with Crippen molar-refractivity contribution in [2.24, 2.45) is 5.92 Å². The number of hydrogen-bond donors (Lipinski definition) is 2. The summed E-state index contributed by atoms with van der Waals surface area (Å²) in [5.41, 5.74) is 1.20. The fraction of sp³-hybridized carbons (Fsp3) is 0.647. The molecule has 1 saturated heterocycles. The molecule has 21 heavy (non-hydrogen) atoms. The number of phenols is 1. The normalized spacial score (nSPS) is 18.6. The quantitative estimate of drug-likeness (QED) is 0.846. The summed E-state index contributed by atoms with van der Waals surface area (Å²) < 4.78 is 5.21. The van der Waals surface area contributed by atoms with Crippen molar-refractivity contribution < 1.29 is 9.84 Å². The van der Waals surface area contributed by atoms with E-state index in [1.54, 1.807) is 13.2 Å². The van der Waals surface area contributed by atoms with Crippen LogP contribution in [0.2, 0.25) is 0 Å². The Hall–Kier alpha value is -1.26. The maximum Gasteiger partial charge on any atom is 0.160 e. The van der Waals surface area contributed by atoms with Crippen molar-refractivity contribution in [3.63, 3.8) is 0 Å². The first-order chi connectivity index (χ1) is 10.2. The molecule has 0 aromatic heterocycles. The van der Waals surface area contributed by atoms with Gasteiger partial charge in [0.2, 0.25) is 0 Å². The number of aromatic hydroxyl groups is 1. The number of benzene rings is 1. The van der Waals surface area contributed by atoms with E-state index in [9.17, 15) is 5.11 Å². The van der Waals surface area contributed by atoms with Crippen LogP contribution in [-0.2, 0) is 0 Å². The number of methoxy groups -OCH3 is 1. The van der Waals surface area contributed by atoms with Crippen LogP contribution in [0.1, 0.15) is 38.3 Å². The van der Waals surface area contributed by atoms with Crippen LogP contribution in [0.15, 0.2) is 18.2 Å². The third kappa shape index (κ3) is 4.11. The molecule has 2 rings (SSSR count). The lowest BCUT2D eigenvalue weighted by atomic mass is 9.94. The molecule has 1 heterocycles. The Balaban J connectivity index is 1.94. The smallest absolute Gasteiger partial charge is 0.160 e. The van der Waals surface area contributed by atoms with Gasteiger partial charge in [-0.25, -0.2) is 0 Å². The average molecular weight is 292 g/mol. The first-order valence-corrected chi connectivity index (χ1v) is 7.97. The van der Waals surface area contributed by atoms with Crippen molar-refractivity contribution in [2.45, 2.75) is 32.7 Å². The van der Waals surface area contributed by atoms with Crippen LogP contribution < -0.4 is 10.1 Å². The van der Waals surface area contributed by atoms with Gasteiger partial charge in [0.25, 0.3) is 0 Å². The number of ether oxygens (including phenoxy) is 1. The largest absolute Gasteiger partial charge is 0.504 e. The summed E-state index contributed by atoms with van der Waals surface area (Å²) in [6.45, 7) is 8.88. The molecule has 4 nitrogen and oxygen atoms in total. The highest BCUT2D eigenvalue weighted by atomic mass is 16.5. The van der Waals surface area contributed by atoms with E-state index in [1.165, 1.54) is 18.4 Å². The van der Waals surface area contributed by atoms with Crippen molar-refractivity contribution in [1.82, 2.24) is 10.2 Å². The van der Waals surface area contributed by atoms with Crippen LogP contribution >= 0.6 is 0 Å². The van der Waals surface area contributed by atoms with Gasteiger partial charge in [0.05, 0.1) is 7.11 Å². The summed E-state index contributed by atoms with van der Waals surface area (Å²) in [6.07, 6.45) is 2.51. The molecule has 118 valence electrons. The molecule has 1 aromatic carbocycles. The Kier molecular flexibility index (Phi) is 5.88. The van der Waals surface area contributed by atoms with Gasteiger partial charge in [0.15, 0.2) is 11.5 Å². The molecule has 0 saturated carbocycles. The van der Waals surface area contributed by atoms with Gasteiger partial charge in [-0.05, 0) is 69.6 Å². The molecule has 2 N–H and O–H groups in total. The molecule has 0 aliphatic carbocycles. The summed E-state index contributed by atoms with van der Waals surface area (Å²) in [4.78, 5) is 2.52. The predicted molar refractivity (Wildman–Crippen MR) is 85.9 cm³/mol. The topological polar surface area (TPSA) is 44.7 Å². The van der Waals surface area contributed by atoms with E-state index in [2.05, 4.69) is 24.1 Å². The molecule has 4 heteroatoms. The van der Waals surface area contributed by atoms with E-state index >= 15 is 0 Å². The third-order valence-corrected chi connectivity index (χ3v) is 4.57. The first kappa shape index (κ1) is 16.1. The number of piperidine rings is 1. The van der Waals surface area contributed by atoms with Gasteiger partial charge in [0, 0.05) is 6.04 Å². The second-order valence-electron chi connectivity index (χ2n) is 5.89. The Morgan fingerprint density at radius 1 is 1.38 bits per heavy atom. The van der Waals surface area contributed by atoms with E-state index < -0.39 is 0 Å². The number of nitrogens with zero attached hydrogens (tertiary/aromatic N) is 1. The average Bonchev–Trinajstić information content (AvgIpc) is 2.53. The van der Waals surface area contributed by atoms with Gasteiger partial charge in [0.1, 0.15) is 0 Å². The van der Waals surface area contributed by atoms with Crippen LogP contribution in [0, 0.1) is 5.92 Å². The summed E-state index contributed by atoms with van der Waals surface area (Å²) >= 11 is 0. The zero-order valence-corrected chi connectivity index (χ0v) is 13.4. The minimum absolute atomic E-state index is 0.206. The predicted octanol–water partition coefficient (Wildman–Crippen LogP) is 2.78. The maximum absolute atomic E-state index is 9.70. The monoisotopic (exact) mass is 292 g/mol. The van der Waals surface area contributed by atoms with E-state index in [4.69, 9.17) is 4.74 Å². The van der Waals surface area contributed by atoms with E-state index in [0.29, 0.717) is 11.8 Å². The lowest BCUT2D eigenvalue weighted by molar-refractivity contribution is 0.140. The van der Waals surface area contributed by atoms with Crippen molar-refractivity contribution in [3.8, 4) is 11.5 Å². The fourth-order valence-electron chi connectivity index (χ4n) is 3.06. The molecule has 1 fully saturated rings. The van der Waals surface area contributed by atoms with Gasteiger partial charge in [-0.1, -0.05) is 13.0 Å². The zero-order valence-electron chi connectivity index (χ0n) is 13.4. The molecule has 0 radical (unpaired) electrons. The second kappa shape index (κ2) is 7.66. The molecular weight excluding hydrogens is 264 g/mol. The van der Waals surface area contributed by atoms with Crippen LogP contribution in [0.25, 0.3) is 0 Å². The molecule has 0 amide bonds. The highest BCUT2D eigenvalue weighted by Gasteiger charge is 2.23. The van der Waals surface area contributed by atoms with Crippen molar-refractivity contribution >= 4 is 0 Å². The lowest BCUT2D eigenvalue weighted by Crippen LogP contribution is -2.38. The van der Waals surface area contributed by atoms with Gasteiger partial charge < -0.3 is 15.2 Å². The SMILES string of the molecule is CCNCC1CCN(C(C)c2ccc(O)c(OC)c2)CC1. The summed E-state index contributed by atoms with van der Waals surface area (Å²) in [7, 11) is 1.59. The number of likely N-dealkylation sites (tertiary alicyclic amines) is 1. The Labute approximate surface area is 128 Å². The first-order valence-electron chi connectivity index (χ1n) is 7.97. The number of phenolic OH excluding ortho intramolecular Hbond substituents is 1. The molecule has 0 spiro atoms. The van der Waals surface area contributed by atoms with Gasteiger partial charge >= 0.3 is 0 Å². The minimum atomic E-state index is 0.206. The van der Waals surface area contributed by atoms with Crippen molar-refractivity contribution in [1.29, 1.82) is 0 Å². The third-order valence-electron chi connectivity index (χ3n) is 4.57. The maximum atomic E-state index is 9.70. The highest BCUT2D eigenvalue weighted by Crippen LogP contribution is 2.32. The number of rotatable bonds is 6. The van der Waals surface area contributed by atoms with E-state index in [0.717, 1.165) is 32.1 Å². The van der Waals surface area contributed by atoms with Crippen LogP contribution in [0.5, 0.6) is 11.5 Å². The minimum Gasteiger partial charge on any atom is -0.504 e. The van der Waals surface area contributed by atoms with Crippen LogP contribution in [0.3, 0.4) is 0 Å². The zero-order chi connectivity index (χ0) is 15.2. The van der Waals surface area contributed by atoms with Gasteiger partial charge in [-0.2, -0.15) is 0 Å². The number of hydrogen-bond acceptors (Lipinski definition) is 4. The fourth-order valence-corrected chi connectivity index (χ4v) is 3.06. The molecule has 1 aromatic rings. The molecule has 1 aliphatic heterocycles. The Bertz CT molecular complexity index is 442. The van der Waals surface area contributed by atoms with Crippen LogP contribution in [-0.4, -0.2) is 43.3 Å². The van der Waals surface area contributed by atoms with Crippen molar-refractivity contribution in [2.75, 3.05) is 33.3 Å². The Morgan fingerprint density at radius 3 is 2.71 bits per heavy atom. The van der Waals surface area contributed by atoms with E-state index in [1.807, 2.05) is 12.1 Å². The standard InChI is InChI=1S/C17H28N2O2/c1-4-18-12-14-7-9-19(10-8-14)13(2)15-5-6-16(20)17(11-15)21-3/h5-6,11,13-14,18,20H,4,7-10,12H2,1-3H3. The molecular formula is C17H28N2O2. The number of nitrogens with one attached hydrogen (secondary N) is 1. The molecule has 0 bridgehead atoms. The molecule has 1 atom stereocenters. The summed E-state index contributed by atoms with van der Waals surface area (Å²) in [5, 5.41) is 13.2. The van der Waals surface area contributed by atoms with E-state index in [-0.39, 0.29) is 5.75 Å². The highest BCUT2D eigenvalue weighted by molar-refractivity contribution is 5.42. The van der Waals surface area contributed by atoms with Gasteiger partial charge in [-0.15, -0.1) is 0 Å². The summed E-state index contributed by atoms with van der Waals surface area (Å²) in [6, 6.07) is 6.03. The molecule has 1 aliphatic rings. The second-order valence-corrected chi connectivity index (χ2v) is 5.89. The van der Waals surface area contributed by atoms with Crippen molar-refractivity contribution in [3.05, 3.63) is 23.8 Å². The Morgan fingerprint density at radius 2 is 2.10 bits per heavy atom. The van der Waals surface area contributed by atoms with Gasteiger partial charge in [-0.3, -0.25) is 4.90 Å². The lowest BCUT2D eigenvalue weighted by Gasteiger charge is -2.36. The molecule has 1 unspecified atom stereocenters. The van der Waals surface area contributed by atoms with Crippen LogP contribution in [0.4, 0.5) is 0 Å².